The first-order chi connectivity index (χ1) is 7.36. The first-order valence-corrected chi connectivity index (χ1v) is 5.24. The molecule has 1 aromatic heterocycles. The molecule has 0 aliphatic carbocycles. The van der Waals surface area contributed by atoms with Crippen LogP contribution in [0.25, 0.3) is 11.0 Å². The van der Waals surface area contributed by atoms with Crippen LogP contribution in [0.5, 0.6) is 0 Å². The molecule has 1 aromatic carbocycles. The summed E-state index contributed by atoms with van der Waals surface area (Å²) in [6.45, 7) is 2.76. The normalized spacial score (nSPS) is 10.4. The van der Waals surface area contributed by atoms with Crippen molar-refractivity contribution in [3.8, 4) is 12.3 Å². The molecule has 0 bridgehead atoms. The molecular weight excluding hydrogens is 184 g/mol. The molecule has 0 N–H and O–H groups in total. The maximum atomic E-state index is 5.38. The molecular formula is C13H14N2. The molecule has 0 aliphatic rings. The third-order valence-electron chi connectivity index (χ3n) is 2.46. The molecule has 0 amide bonds. The quantitative estimate of drug-likeness (QED) is 0.693. The lowest BCUT2D eigenvalue weighted by Gasteiger charge is -2.03. The lowest BCUT2D eigenvalue weighted by molar-refractivity contribution is 0.742. The van der Waals surface area contributed by atoms with E-state index in [-0.39, 0.29) is 0 Å². The van der Waals surface area contributed by atoms with E-state index in [0.717, 1.165) is 29.7 Å². The number of aromatic nitrogens is 2. The highest BCUT2D eigenvalue weighted by molar-refractivity contribution is 5.76. The summed E-state index contributed by atoms with van der Waals surface area (Å²) in [5, 5.41) is 0. The Balaban J connectivity index is 2.59. The standard InChI is InChI=1S/C13H14N2/c1-3-7-13-14-11-8-5-6-9-12(11)15(13)10-4-2/h2,5-6,8-9H,3,7,10H2,1H3. The van der Waals surface area contributed by atoms with Gasteiger partial charge in [-0.3, -0.25) is 0 Å². The van der Waals surface area contributed by atoms with Crippen molar-refractivity contribution in [2.45, 2.75) is 26.3 Å². The summed E-state index contributed by atoms with van der Waals surface area (Å²) < 4.78 is 2.12. The highest BCUT2D eigenvalue weighted by atomic mass is 15.1. The number of fused-ring (bicyclic) bond motifs is 1. The molecule has 0 fully saturated rings. The van der Waals surface area contributed by atoms with E-state index >= 15 is 0 Å². The van der Waals surface area contributed by atoms with E-state index in [9.17, 15) is 0 Å². The van der Waals surface area contributed by atoms with E-state index < -0.39 is 0 Å². The number of hydrogen-bond acceptors (Lipinski definition) is 1. The molecule has 15 heavy (non-hydrogen) atoms. The number of nitrogens with zero attached hydrogens (tertiary/aromatic N) is 2. The highest BCUT2D eigenvalue weighted by Gasteiger charge is 2.07. The Morgan fingerprint density at radius 2 is 2.20 bits per heavy atom. The molecule has 76 valence electrons. The van der Waals surface area contributed by atoms with Gasteiger partial charge in [0, 0.05) is 6.42 Å². The number of para-hydroxylation sites is 2. The van der Waals surface area contributed by atoms with Crippen molar-refractivity contribution in [1.82, 2.24) is 9.55 Å². The van der Waals surface area contributed by atoms with Gasteiger partial charge in [-0.25, -0.2) is 4.98 Å². The SMILES string of the molecule is C#CCn1c(CCC)nc2ccccc21. The van der Waals surface area contributed by atoms with Gasteiger partial charge in [0.05, 0.1) is 17.6 Å². The minimum atomic E-state index is 0.607. The van der Waals surface area contributed by atoms with E-state index in [1.807, 2.05) is 18.2 Å². The molecule has 0 saturated carbocycles. The van der Waals surface area contributed by atoms with Gasteiger partial charge < -0.3 is 4.57 Å². The van der Waals surface area contributed by atoms with Crippen LogP contribution in [0.15, 0.2) is 24.3 Å². The van der Waals surface area contributed by atoms with Crippen molar-refractivity contribution in [2.24, 2.45) is 0 Å². The van der Waals surface area contributed by atoms with Crippen LogP contribution in [0.2, 0.25) is 0 Å². The van der Waals surface area contributed by atoms with Gasteiger partial charge in [0.2, 0.25) is 0 Å². The summed E-state index contributed by atoms with van der Waals surface area (Å²) in [5.74, 6) is 3.78. The fraction of sp³-hybridized carbons (Fsp3) is 0.308. The highest BCUT2D eigenvalue weighted by Crippen LogP contribution is 2.16. The van der Waals surface area contributed by atoms with Crippen molar-refractivity contribution in [2.75, 3.05) is 0 Å². The van der Waals surface area contributed by atoms with Crippen molar-refractivity contribution in [3.05, 3.63) is 30.1 Å². The lowest BCUT2D eigenvalue weighted by atomic mass is 10.3. The monoisotopic (exact) mass is 198 g/mol. The minimum absolute atomic E-state index is 0.607. The summed E-state index contributed by atoms with van der Waals surface area (Å²) in [6, 6.07) is 8.12. The van der Waals surface area contributed by atoms with Gasteiger partial charge in [-0.2, -0.15) is 0 Å². The zero-order chi connectivity index (χ0) is 10.7. The third-order valence-corrected chi connectivity index (χ3v) is 2.46. The Kier molecular flexibility index (Phi) is 2.73. The maximum absolute atomic E-state index is 5.38. The van der Waals surface area contributed by atoms with Crippen LogP contribution in [0.1, 0.15) is 19.2 Å². The number of aryl methyl sites for hydroxylation is 1. The molecule has 2 rings (SSSR count). The number of imidazole rings is 1. The van der Waals surface area contributed by atoms with Crippen LogP contribution in [0.4, 0.5) is 0 Å². The van der Waals surface area contributed by atoms with Crippen LogP contribution in [0, 0.1) is 12.3 Å². The first-order valence-electron chi connectivity index (χ1n) is 5.24. The molecule has 0 unspecified atom stereocenters. The Bertz CT molecular complexity index is 503. The summed E-state index contributed by atoms with van der Waals surface area (Å²) in [7, 11) is 0. The number of hydrogen-bond donors (Lipinski definition) is 0. The largest absolute Gasteiger partial charge is 0.316 e. The second-order valence-electron chi connectivity index (χ2n) is 3.56. The van der Waals surface area contributed by atoms with Crippen molar-refractivity contribution in [3.63, 3.8) is 0 Å². The van der Waals surface area contributed by atoms with Crippen LogP contribution in [0.3, 0.4) is 0 Å². The predicted molar refractivity (Wildman–Crippen MR) is 62.6 cm³/mol. The third kappa shape index (κ3) is 1.73. The Morgan fingerprint density at radius 3 is 2.93 bits per heavy atom. The molecule has 0 radical (unpaired) electrons. The topological polar surface area (TPSA) is 17.8 Å². The number of terminal acetylenes is 1. The van der Waals surface area contributed by atoms with Gasteiger partial charge in [0.25, 0.3) is 0 Å². The summed E-state index contributed by atoms with van der Waals surface area (Å²) >= 11 is 0. The minimum Gasteiger partial charge on any atom is -0.316 e. The Morgan fingerprint density at radius 1 is 1.40 bits per heavy atom. The molecule has 0 atom stereocenters. The average Bonchev–Trinajstić information content (AvgIpc) is 2.59. The Labute approximate surface area is 89.9 Å². The van der Waals surface area contributed by atoms with Gasteiger partial charge in [0.15, 0.2) is 0 Å². The zero-order valence-corrected chi connectivity index (χ0v) is 8.90. The molecule has 0 spiro atoms. The zero-order valence-electron chi connectivity index (χ0n) is 8.90. The van der Waals surface area contributed by atoms with Crippen molar-refractivity contribution >= 4 is 11.0 Å². The predicted octanol–water partition coefficient (Wildman–Crippen LogP) is 2.62. The average molecular weight is 198 g/mol. The van der Waals surface area contributed by atoms with Crippen LogP contribution >= 0.6 is 0 Å². The van der Waals surface area contributed by atoms with Gasteiger partial charge in [-0.1, -0.05) is 25.0 Å². The molecule has 1 heterocycles. The lowest BCUT2D eigenvalue weighted by Crippen LogP contribution is -2.02. The van der Waals surface area contributed by atoms with E-state index in [1.165, 1.54) is 0 Å². The summed E-state index contributed by atoms with van der Waals surface area (Å²) in [6.07, 6.45) is 7.45. The van der Waals surface area contributed by atoms with E-state index in [2.05, 4.69) is 28.5 Å². The summed E-state index contributed by atoms with van der Waals surface area (Å²) in [5.41, 5.74) is 2.18. The van der Waals surface area contributed by atoms with E-state index in [0.29, 0.717) is 6.54 Å². The Hall–Kier alpha value is -1.75. The maximum Gasteiger partial charge on any atom is 0.110 e. The molecule has 2 aromatic rings. The van der Waals surface area contributed by atoms with E-state index in [1.54, 1.807) is 0 Å². The number of benzene rings is 1. The molecule has 2 heteroatoms. The number of rotatable bonds is 3. The second-order valence-corrected chi connectivity index (χ2v) is 3.56. The van der Waals surface area contributed by atoms with Gasteiger partial charge in [-0.15, -0.1) is 6.42 Å². The smallest absolute Gasteiger partial charge is 0.110 e. The summed E-state index contributed by atoms with van der Waals surface area (Å²) in [4.78, 5) is 4.59. The first kappa shape index (κ1) is 9.79. The van der Waals surface area contributed by atoms with Crippen molar-refractivity contribution < 1.29 is 0 Å². The van der Waals surface area contributed by atoms with Crippen LogP contribution < -0.4 is 0 Å². The molecule has 0 saturated heterocycles. The van der Waals surface area contributed by atoms with E-state index in [4.69, 9.17) is 6.42 Å². The van der Waals surface area contributed by atoms with Gasteiger partial charge in [-0.05, 0) is 18.6 Å². The van der Waals surface area contributed by atoms with Gasteiger partial charge in [0.1, 0.15) is 5.82 Å². The molecule has 2 nitrogen and oxygen atoms in total. The molecule has 0 aliphatic heterocycles. The fourth-order valence-electron chi connectivity index (χ4n) is 1.81. The fourth-order valence-corrected chi connectivity index (χ4v) is 1.81. The second kappa shape index (κ2) is 4.18. The van der Waals surface area contributed by atoms with Crippen molar-refractivity contribution in [1.29, 1.82) is 0 Å². The van der Waals surface area contributed by atoms with Crippen LogP contribution in [-0.4, -0.2) is 9.55 Å². The van der Waals surface area contributed by atoms with Crippen LogP contribution in [-0.2, 0) is 13.0 Å². The van der Waals surface area contributed by atoms with Gasteiger partial charge >= 0.3 is 0 Å².